The van der Waals surface area contributed by atoms with Crippen molar-refractivity contribution in [2.45, 2.75) is 6.42 Å². The maximum Gasteiger partial charge on any atom is 0.224 e. The number of hydrogen-bond acceptors (Lipinski definition) is 4. The van der Waals surface area contributed by atoms with Gasteiger partial charge in [0.05, 0.1) is 13.7 Å². The lowest BCUT2D eigenvalue weighted by atomic mass is 10.2. The number of nitrogens with zero attached hydrogens (tertiary/aromatic N) is 3. The van der Waals surface area contributed by atoms with Crippen molar-refractivity contribution in [3.8, 4) is 5.75 Å². The fourth-order valence-electron chi connectivity index (χ4n) is 3.16. The number of aliphatic imine (C=N–C) groups is 1. The van der Waals surface area contributed by atoms with Crippen molar-refractivity contribution in [2.24, 2.45) is 10.7 Å². The van der Waals surface area contributed by atoms with Gasteiger partial charge in [0.2, 0.25) is 5.91 Å². The Morgan fingerprint density at radius 1 is 1.10 bits per heavy atom. The van der Waals surface area contributed by atoms with Crippen LogP contribution in [0.2, 0.25) is 0 Å². The van der Waals surface area contributed by atoms with Gasteiger partial charge in [-0.25, -0.2) is 4.39 Å². The van der Waals surface area contributed by atoms with Gasteiger partial charge in [-0.3, -0.25) is 9.79 Å². The van der Waals surface area contributed by atoms with E-state index in [0.717, 1.165) is 30.2 Å². The van der Waals surface area contributed by atoms with Gasteiger partial charge in [-0.05, 0) is 48.5 Å². The molecule has 0 atom stereocenters. The first kappa shape index (κ1) is 20.4. The highest BCUT2D eigenvalue weighted by Gasteiger charge is 2.20. The summed E-state index contributed by atoms with van der Waals surface area (Å²) in [5.74, 6) is 0.842. The van der Waals surface area contributed by atoms with Gasteiger partial charge in [-0.15, -0.1) is 0 Å². The van der Waals surface area contributed by atoms with Crippen molar-refractivity contribution in [2.75, 3.05) is 50.1 Å². The van der Waals surface area contributed by atoms with Crippen LogP contribution >= 0.6 is 0 Å². The summed E-state index contributed by atoms with van der Waals surface area (Å²) >= 11 is 0. The van der Waals surface area contributed by atoms with Crippen LogP contribution in [0.4, 0.5) is 15.8 Å². The van der Waals surface area contributed by atoms with Crippen LogP contribution in [0.1, 0.15) is 6.42 Å². The first-order chi connectivity index (χ1) is 14.0. The number of hydrogen-bond donors (Lipinski definition) is 2. The van der Waals surface area contributed by atoms with E-state index in [4.69, 9.17) is 10.5 Å². The van der Waals surface area contributed by atoms with E-state index in [-0.39, 0.29) is 17.7 Å². The smallest absolute Gasteiger partial charge is 0.224 e. The summed E-state index contributed by atoms with van der Waals surface area (Å²) in [5, 5.41) is 2.99. The van der Waals surface area contributed by atoms with E-state index in [0.29, 0.717) is 26.1 Å². The summed E-state index contributed by atoms with van der Waals surface area (Å²) < 4.78 is 18.2. The van der Waals surface area contributed by atoms with Gasteiger partial charge in [-0.2, -0.15) is 0 Å². The van der Waals surface area contributed by atoms with Gasteiger partial charge < -0.3 is 25.6 Å². The second-order valence-corrected chi connectivity index (χ2v) is 6.71. The van der Waals surface area contributed by atoms with Crippen molar-refractivity contribution >= 4 is 23.2 Å². The van der Waals surface area contributed by atoms with Crippen LogP contribution in [-0.4, -0.2) is 56.6 Å². The zero-order valence-corrected chi connectivity index (χ0v) is 16.5. The standard InChI is InChI=1S/C21H26FN5O2/c1-29-19-8-4-17(5-9-19)25-21(23)24-11-10-20(28)27-14-12-26(13-15-27)18-6-2-16(22)3-7-18/h2-9H,10-15H2,1H3,(H3,23,24,25). The molecule has 0 aromatic heterocycles. The van der Waals surface area contributed by atoms with E-state index < -0.39 is 0 Å². The zero-order valence-electron chi connectivity index (χ0n) is 16.5. The third-order valence-electron chi connectivity index (χ3n) is 4.79. The number of nitrogens with one attached hydrogen (secondary N) is 1. The zero-order chi connectivity index (χ0) is 20.6. The highest BCUT2D eigenvalue weighted by atomic mass is 19.1. The summed E-state index contributed by atoms with van der Waals surface area (Å²) in [7, 11) is 1.61. The maximum atomic E-state index is 13.0. The van der Waals surface area contributed by atoms with E-state index in [1.807, 2.05) is 29.2 Å². The quantitative estimate of drug-likeness (QED) is 0.575. The van der Waals surface area contributed by atoms with E-state index >= 15 is 0 Å². The molecule has 7 nitrogen and oxygen atoms in total. The Balaban J connectivity index is 1.41. The number of anilines is 2. The lowest BCUT2D eigenvalue weighted by Gasteiger charge is -2.36. The number of nitrogens with two attached hydrogens (primary N) is 1. The van der Waals surface area contributed by atoms with Gasteiger partial charge in [0, 0.05) is 44.0 Å². The van der Waals surface area contributed by atoms with Crippen LogP contribution in [0.25, 0.3) is 0 Å². The predicted molar refractivity (Wildman–Crippen MR) is 113 cm³/mol. The molecule has 154 valence electrons. The minimum Gasteiger partial charge on any atom is -0.497 e. The van der Waals surface area contributed by atoms with E-state index in [1.54, 1.807) is 19.2 Å². The number of piperazine rings is 1. The van der Waals surface area contributed by atoms with Gasteiger partial charge in [-0.1, -0.05) is 0 Å². The van der Waals surface area contributed by atoms with Crippen molar-refractivity contribution in [3.05, 3.63) is 54.3 Å². The molecule has 1 heterocycles. The molecule has 1 aliphatic heterocycles. The molecule has 0 unspecified atom stereocenters. The van der Waals surface area contributed by atoms with Crippen LogP contribution < -0.4 is 20.7 Å². The molecule has 0 saturated carbocycles. The Morgan fingerprint density at radius 2 is 1.76 bits per heavy atom. The maximum absolute atomic E-state index is 13.0. The predicted octanol–water partition coefficient (Wildman–Crippen LogP) is 2.30. The summed E-state index contributed by atoms with van der Waals surface area (Å²) in [5.41, 5.74) is 7.66. The van der Waals surface area contributed by atoms with Gasteiger partial charge in [0.25, 0.3) is 0 Å². The SMILES string of the molecule is COc1ccc(NC(N)=NCCC(=O)N2CCN(c3ccc(F)cc3)CC2)cc1. The van der Waals surface area contributed by atoms with Crippen LogP contribution in [0.3, 0.4) is 0 Å². The summed E-state index contributed by atoms with van der Waals surface area (Å²) in [6, 6.07) is 13.8. The Morgan fingerprint density at radius 3 is 2.38 bits per heavy atom. The average molecular weight is 399 g/mol. The van der Waals surface area contributed by atoms with Crippen LogP contribution in [0.5, 0.6) is 5.75 Å². The Labute approximate surface area is 170 Å². The van der Waals surface area contributed by atoms with Crippen molar-refractivity contribution in [1.29, 1.82) is 0 Å². The highest BCUT2D eigenvalue weighted by molar-refractivity contribution is 5.92. The monoisotopic (exact) mass is 399 g/mol. The fraction of sp³-hybridized carbons (Fsp3) is 0.333. The van der Waals surface area contributed by atoms with Gasteiger partial charge in [0.1, 0.15) is 11.6 Å². The van der Waals surface area contributed by atoms with E-state index in [2.05, 4.69) is 15.2 Å². The molecule has 3 rings (SSSR count). The van der Waals surface area contributed by atoms with E-state index in [9.17, 15) is 9.18 Å². The number of ether oxygens (including phenoxy) is 1. The van der Waals surface area contributed by atoms with Crippen molar-refractivity contribution in [3.63, 3.8) is 0 Å². The Hall–Kier alpha value is -3.29. The number of amides is 1. The molecule has 0 radical (unpaired) electrons. The number of carbonyl (C=O) groups is 1. The molecule has 2 aromatic rings. The molecule has 0 bridgehead atoms. The second kappa shape index (κ2) is 9.77. The Kier molecular flexibility index (Phi) is 6.89. The second-order valence-electron chi connectivity index (χ2n) is 6.71. The molecule has 2 aromatic carbocycles. The van der Waals surface area contributed by atoms with Gasteiger partial charge >= 0.3 is 0 Å². The number of guanidine groups is 1. The first-order valence-electron chi connectivity index (χ1n) is 9.54. The molecule has 29 heavy (non-hydrogen) atoms. The molecule has 1 aliphatic rings. The first-order valence-corrected chi connectivity index (χ1v) is 9.54. The number of methoxy groups -OCH3 is 1. The molecular weight excluding hydrogens is 373 g/mol. The van der Waals surface area contributed by atoms with Crippen molar-refractivity contribution in [1.82, 2.24) is 4.90 Å². The van der Waals surface area contributed by atoms with Crippen LogP contribution in [0, 0.1) is 5.82 Å². The molecule has 3 N–H and O–H groups in total. The third-order valence-corrected chi connectivity index (χ3v) is 4.79. The minimum atomic E-state index is -0.246. The lowest BCUT2D eigenvalue weighted by Crippen LogP contribution is -2.48. The average Bonchev–Trinajstić information content (AvgIpc) is 2.75. The Bertz CT molecular complexity index is 831. The normalized spacial score (nSPS) is 14.6. The molecular formula is C21H26FN5O2. The van der Waals surface area contributed by atoms with Crippen LogP contribution in [-0.2, 0) is 4.79 Å². The van der Waals surface area contributed by atoms with Crippen molar-refractivity contribution < 1.29 is 13.9 Å². The number of rotatable bonds is 6. The molecule has 0 aliphatic carbocycles. The third kappa shape index (κ3) is 5.84. The molecule has 1 fully saturated rings. The highest BCUT2D eigenvalue weighted by Crippen LogP contribution is 2.17. The number of benzene rings is 2. The summed E-state index contributed by atoms with van der Waals surface area (Å²) in [6.07, 6.45) is 0.307. The molecule has 0 spiro atoms. The van der Waals surface area contributed by atoms with E-state index in [1.165, 1.54) is 12.1 Å². The lowest BCUT2D eigenvalue weighted by molar-refractivity contribution is -0.131. The summed E-state index contributed by atoms with van der Waals surface area (Å²) in [4.78, 5) is 20.6. The molecule has 1 saturated heterocycles. The minimum absolute atomic E-state index is 0.0600. The number of carbonyl (C=O) groups excluding carboxylic acids is 1. The largest absolute Gasteiger partial charge is 0.497 e. The number of halogens is 1. The van der Waals surface area contributed by atoms with Gasteiger partial charge in [0.15, 0.2) is 5.96 Å². The topological polar surface area (TPSA) is 83.2 Å². The fourth-order valence-corrected chi connectivity index (χ4v) is 3.16. The molecule has 1 amide bonds. The molecule has 8 heteroatoms. The summed E-state index contributed by atoms with van der Waals surface area (Å²) in [6.45, 7) is 3.05. The van der Waals surface area contributed by atoms with Crippen LogP contribution in [0.15, 0.2) is 53.5 Å².